The van der Waals surface area contributed by atoms with Gasteiger partial charge >= 0.3 is 0 Å². The second-order valence-electron chi connectivity index (χ2n) is 2.48. The maximum atomic E-state index is 9.96. The molecule has 2 N–H and O–H groups in total. The van der Waals surface area contributed by atoms with Gasteiger partial charge in [0.2, 0.25) is 6.41 Å². The van der Waals surface area contributed by atoms with Gasteiger partial charge in [0.25, 0.3) is 0 Å². The van der Waals surface area contributed by atoms with Gasteiger partial charge in [0, 0.05) is 9.75 Å². The van der Waals surface area contributed by atoms with E-state index in [-0.39, 0.29) is 0 Å². The highest BCUT2D eigenvalue weighted by molar-refractivity contribution is 7.12. The molecule has 1 atom stereocenters. The molecule has 0 aliphatic carbocycles. The van der Waals surface area contributed by atoms with Crippen LogP contribution < -0.4 is 5.32 Å². The number of amides is 1. The van der Waals surface area contributed by atoms with E-state index in [4.69, 9.17) is 0 Å². The van der Waals surface area contributed by atoms with E-state index in [1.54, 1.807) is 6.92 Å². The molecule has 0 spiro atoms. The number of thiophene rings is 1. The van der Waals surface area contributed by atoms with Crippen molar-refractivity contribution in [3.8, 4) is 0 Å². The van der Waals surface area contributed by atoms with Crippen molar-refractivity contribution in [3.63, 3.8) is 0 Å². The lowest BCUT2D eigenvalue weighted by molar-refractivity contribution is -0.109. The summed E-state index contributed by atoms with van der Waals surface area (Å²) in [5.74, 6) is 0. The van der Waals surface area contributed by atoms with Crippen LogP contribution in [0.15, 0.2) is 12.1 Å². The number of hydrogen-bond donors (Lipinski definition) is 2. The van der Waals surface area contributed by atoms with E-state index in [0.29, 0.717) is 13.0 Å². The monoisotopic (exact) mass is 185 g/mol. The van der Waals surface area contributed by atoms with Gasteiger partial charge in [-0.3, -0.25) is 4.79 Å². The lowest BCUT2D eigenvalue weighted by atomic mass is 10.3. The van der Waals surface area contributed by atoms with Crippen LogP contribution in [0.3, 0.4) is 0 Å². The first kappa shape index (κ1) is 9.22. The minimum atomic E-state index is -0.417. The molecule has 0 fully saturated rings. The highest BCUT2D eigenvalue weighted by Crippen LogP contribution is 2.22. The predicted molar refractivity (Wildman–Crippen MR) is 47.9 cm³/mol. The van der Waals surface area contributed by atoms with Crippen LogP contribution in [0.2, 0.25) is 0 Å². The van der Waals surface area contributed by atoms with E-state index in [0.717, 1.165) is 9.75 Å². The Labute approximate surface area is 75.0 Å². The fourth-order valence-electron chi connectivity index (χ4n) is 0.856. The molecule has 1 rings (SSSR count). The van der Waals surface area contributed by atoms with Crippen LogP contribution in [-0.2, 0) is 11.3 Å². The molecular weight excluding hydrogens is 174 g/mol. The van der Waals surface area contributed by atoms with E-state index >= 15 is 0 Å². The predicted octanol–water partition coefficient (Wildman–Crippen LogP) is 1.05. The van der Waals surface area contributed by atoms with Crippen LogP contribution in [0.1, 0.15) is 22.8 Å². The van der Waals surface area contributed by atoms with Gasteiger partial charge in [-0.05, 0) is 19.1 Å². The molecule has 12 heavy (non-hydrogen) atoms. The fraction of sp³-hybridized carbons (Fsp3) is 0.375. The number of carbonyl (C=O) groups is 1. The summed E-state index contributed by atoms with van der Waals surface area (Å²) in [4.78, 5) is 11.9. The zero-order chi connectivity index (χ0) is 8.97. The molecule has 1 heterocycles. The molecule has 3 nitrogen and oxygen atoms in total. The first-order valence-corrected chi connectivity index (χ1v) is 4.49. The molecule has 1 aromatic heterocycles. The topological polar surface area (TPSA) is 49.3 Å². The van der Waals surface area contributed by atoms with Crippen LogP contribution in [0, 0.1) is 0 Å². The number of carbonyl (C=O) groups excluding carboxylic acids is 1. The van der Waals surface area contributed by atoms with Crippen LogP contribution in [0.5, 0.6) is 0 Å². The molecule has 1 amide bonds. The summed E-state index contributed by atoms with van der Waals surface area (Å²) < 4.78 is 0. The average Bonchev–Trinajstić information content (AvgIpc) is 2.48. The van der Waals surface area contributed by atoms with Crippen molar-refractivity contribution in [2.24, 2.45) is 0 Å². The number of aliphatic hydroxyl groups excluding tert-OH is 1. The van der Waals surface area contributed by atoms with Crippen LogP contribution in [-0.4, -0.2) is 11.5 Å². The third kappa shape index (κ3) is 2.32. The Bertz CT molecular complexity index is 257. The number of nitrogens with one attached hydrogen (secondary N) is 1. The van der Waals surface area contributed by atoms with Crippen molar-refractivity contribution in [2.45, 2.75) is 19.6 Å². The molecule has 66 valence electrons. The Morgan fingerprint density at radius 1 is 1.75 bits per heavy atom. The Balaban J connectivity index is 2.58. The minimum absolute atomic E-state index is 0.417. The van der Waals surface area contributed by atoms with E-state index in [1.807, 2.05) is 12.1 Å². The standard InChI is InChI=1S/C8H11NO2S/c1-6(11)8-3-2-7(12-8)4-9-5-10/h2-3,5-6,11H,4H2,1H3,(H,9,10). The van der Waals surface area contributed by atoms with Crippen LogP contribution in [0.4, 0.5) is 0 Å². The third-order valence-electron chi connectivity index (χ3n) is 1.45. The summed E-state index contributed by atoms with van der Waals surface area (Å²) in [6.07, 6.45) is 0.252. The summed E-state index contributed by atoms with van der Waals surface area (Å²) >= 11 is 1.51. The highest BCUT2D eigenvalue weighted by Gasteiger charge is 2.03. The van der Waals surface area contributed by atoms with E-state index in [1.165, 1.54) is 11.3 Å². The molecular formula is C8H11NO2S. The Morgan fingerprint density at radius 2 is 2.50 bits per heavy atom. The molecule has 0 aliphatic rings. The lowest BCUT2D eigenvalue weighted by Crippen LogP contribution is -2.07. The summed E-state index contributed by atoms with van der Waals surface area (Å²) in [5.41, 5.74) is 0. The summed E-state index contributed by atoms with van der Waals surface area (Å²) in [6, 6.07) is 3.78. The van der Waals surface area contributed by atoms with Crippen LogP contribution >= 0.6 is 11.3 Å². The molecule has 0 radical (unpaired) electrons. The lowest BCUT2D eigenvalue weighted by Gasteiger charge is -1.97. The SMILES string of the molecule is CC(O)c1ccc(CNC=O)s1. The normalized spacial score (nSPS) is 12.5. The Kier molecular flexibility index (Phi) is 3.25. The first-order valence-electron chi connectivity index (χ1n) is 3.67. The zero-order valence-electron chi connectivity index (χ0n) is 6.78. The molecule has 4 heteroatoms. The number of aliphatic hydroxyl groups is 1. The maximum absolute atomic E-state index is 9.96. The second-order valence-corrected chi connectivity index (χ2v) is 3.68. The second kappa shape index (κ2) is 4.23. The molecule has 0 saturated heterocycles. The van der Waals surface area contributed by atoms with E-state index in [9.17, 15) is 9.90 Å². The molecule has 0 bridgehead atoms. The maximum Gasteiger partial charge on any atom is 0.207 e. The number of hydrogen-bond acceptors (Lipinski definition) is 3. The fourth-order valence-corrected chi connectivity index (χ4v) is 1.76. The van der Waals surface area contributed by atoms with Gasteiger partial charge in [0.1, 0.15) is 0 Å². The average molecular weight is 185 g/mol. The number of rotatable bonds is 4. The highest BCUT2D eigenvalue weighted by atomic mass is 32.1. The van der Waals surface area contributed by atoms with Gasteiger partial charge in [-0.1, -0.05) is 0 Å². The van der Waals surface area contributed by atoms with Crippen molar-refractivity contribution < 1.29 is 9.90 Å². The van der Waals surface area contributed by atoms with Gasteiger partial charge in [0.05, 0.1) is 12.6 Å². The van der Waals surface area contributed by atoms with Crippen molar-refractivity contribution in [1.29, 1.82) is 0 Å². The Morgan fingerprint density at radius 3 is 3.00 bits per heavy atom. The van der Waals surface area contributed by atoms with Gasteiger partial charge in [-0.25, -0.2) is 0 Å². The van der Waals surface area contributed by atoms with Crippen molar-refractivity contribution in [2.75, 3.05) is 0 Å². The van der Waals surface area contributed by atoms with Crippen LogP contribution in [0.25, 0.3) is 0 Å². The minimum Gasteiger partial charge on any atom is -0.388 e. The molecule has 1 aromatic rings. The van der Waals surface area contributed by atoms with Gasteiger partial charge < -0.3 is 10.4 Å². The molecule has 0 saturated carbocycles. The first-order chi connectivity index (χ1) is 5.74. The van der Waals surface area contributed by atoms with Gasteiger partial charge in [0.15, 0.2) is 0 Å². The molecule has 0 aliphatic heterocycles. The van der Waals surface area contributed by atoms with Gasteiger partial charge in [-0.2, -0.15) is 0 Å². The largest absolute Gasteiger partial charge is 0.388 e. The van der Waals surface area contributed by atoms with Crippen molar-refractivity contribution in [3.05, 3.63) is 21.9 Å². The van der Waals surface area contributed by atoms with E-state index < -0.39 is 6.10 Å². The van der Waals surface area contributed by atoms with Crippen molar-refractivity contribution >= 4 is 17.7 Å². The smallest absolute Gasteiger partial charge is 0.207 e. The van der Waals surface area contributed by atoms with Gasteiger partial charge in [-0.15, -0.1) is 11.3 Å². The summed E-state index contributed by atoms with van der Waals surface area (Å²) in [6.45, 7) is 2.27. The zero-order valence-corrected chi connectivity index (χ0v) is 7.60. The summed E-state index contributed by atoms with van der Waals surface area (Å²) in [5, 5.41) is 11.7. The van der Waals surface area contributed by atoms with Crippen molar-refractivity contribution in [1.82, 2.24) is 5.32 Å². The Hall–Kier alpha value is -0.870. The summed E-state index contributed by atoms with van der Waals surface area (Å²) in [7, 11) is 0. The molecule has 0 aromatic carbocycles. The third-order valence-corrected chi connectivity index (χ3v) is 2.71. The molecule has 1 unspecified atom stereocenters. The quantitative estimate of drug-likeness (QED) is 0.689. The van der Waals surface area contributed by atoms with E-state index in [2.05, 4.69) is 5.32 Å².